The van der Waals surface area contributed by atoms with Crippen LogP contribution in [-0.2, 0) is 43.3 Å². The second kappa shape index (κ2) is 22.5. The highest BCUT2D eigenvalue weighted by Gasteiger charge is 2.33. The van der Waals surface area contributed by atoms with Crippen molar-refractivity contribution >= 4 is 17.8 Å². The summed E-state index contributed by atoms with van der Waals surface area (Å²) in [5, 5.41) is 16.0. The number of carbonyl (C=O) groups is 3. The molecule has 0 saturated heterocycles. The van der Waals surface area contributed by atoms with Crippen LogP contribution in [0, 0.1) is 11.8 Å². The van der Waals surface area contributed by atoms with Gasteiger partial charge in [-0.15, -0.1) is 13.2 Å². The molecule has 0 radical (unpaired) electrons. The van der Waals surface area contributed by atoms with E-state index < -0.39 is 41.9 Å². The molecular weight excluding hydrogens is 681 g/mol. The number of rotatable bonds is 23. The van der Waals surface area contributed by atoms with Gasteiger partial charge in [0.1, 0.15) is 18.5 Å². The van der Waals surface area contributed by atoms with Crippen LogP contribution in [0.5, 0.6) is 5.75 Å². The van der Waals surface area contributed by atoms with Crippen molar-refractivity contribution in [1.82, 2.24) is 10.6 Å². The van der Waals surface area contributed by atoms with E-state index in [1.165, 1.54) is 7.11 Å². The molecule has 0 fully saturated rings. The first-order valence-electron chi connectivity index (χ1n) is 18.3. The Morgan fingerprint density at radius 1 is 0.722 bits per heavy atom. The normalized spacial score (nSPS) is 13.7. The molecule has 0 aliphatic heterocycles. The van der Waals surface area contributed by atoms with E-state index in [-0.39, 0.29) is 32.0 Å². The molecule has 5 atom stereocenters. The second-order valence-corrected chi connectivity index (χ2v) is 13.2. The Bertz CT molecular complexity index is 1730. The summed E-state index contributed by atoms with van der Waals surface area (Å²) >= 11 is 0. The van der Waals surface area contributed by atoms with Gasteiger partial charge in [-0.1, -0.05) is 115 Å². The zero-order valence-corrected chi connectivity index (χ0v) is 31.0. The number of allylic oxidation sites excluding steroid dienone is 2. The first-order valence-corrected chi connectivity index (χ1v) is 18.3. The minimum atomic E-state index is -0.877. The van der Waals surface area contributed by atoms with Gasteiger partial charge in [0.05, 0.1) is 37.1 Å². The molecule has 0 saturated carbocycles. The molecule has 0 aromatic heterocycles. The summed E-state index contributed by atoms with van der Waals surface area (Å²) in [7, 11) is 1.51. The lowest BCUT2D eigenvalue weighted by Gasteiger charge is -2.30. The molecule has 9 nitrogen and oxygen atoms in total. The third kappa shape index (κ3) is 13.5. The fraction of sp³-hybridized carbons (Fsp3) is 0.311. The molecule has 0 heterocycles. The molecule has 0 aliphatic carbocycles. The van der Waals surface area contributed by atoms with E-state index in [4.69, 9.17) is 14.2 Å². The van der Waals surface area contributed by atoms with Gasteiger partial charge >= 0.3 is 5.97 Å². The Kier molecular flexibility index (Phi) is 17.2. The summed E-state index contributed by atoms with van der Waals surface area (Å²) in [6, 6.07) is 35.0. The van der Waals surface area contributed by atoms with Crippen LogP contribution < -0.4 is 15.4 Å². The van der Waals surface area contributed by atoms with Crippen molar-refractivity contribution in [3.63, 3.8) is 0 Å². The van der Waals surface area contributed by atoms with Crippen molar-refractivity contribution < 1.29 is 33.7 Å². The van der Waals surface area contributed by atoms with Gasteiger partial charge in [-0.25, -0.2) is 0 Å². The van der Waals surface area contributed by atoms with Crippen molar-refractivity contribution in [3.05, 3.63) is 163 Å². The molecule has 54 heavy (non-hydrogen) atoms. The average Bonchev–Trinajstić information content (AvgIpc) is 3.20. The third-order valence-electron chi connectivity index (χ3n) is 9.01. The smallest absolute Gasteiger partial charge is 0.310 e. The molecule has 0 spiro atoms. The van der Waals surface area contributed by atoms with Crippen molar-refractivity contribution in [3.8, 4) is 5.75 Å². The van der Waals surface area contributed by atoms with Crippen LogP contribution in [0.4, 0.5) is 0 Å². The summed E-state index contributed by atoms with van der Waals surface area (Å²) in [6.45, 7) is 7.85. The summed E-state index contributed by atoms with van der Waals surface area (Å²) < 4.78 is 17.6. The lowest BCUT2D eigenvalue weighted by atomic mass is 9.95. The standard InChI is InChI=1S/C45H52N2O7/c1-4-15-37(29-42(49)46-39(30-48)28-34-23-25-40(26-24-34)53-31-35-19-11-7-12-20-35)44(50)47-41(32-52-3)43(36-21-13-8-14-22-36)54-45(51)38(16-5-2)27-33-17-9-6-10-18-33/h4-14,17-26,37-39,41,43,48H,1-2,15-16,27-32H2,3H3,(H,46,49)(H,47,50)/t37-,38+,39-,41-,43-/m0/s1. The summed E-state index contributed by atoms with van der Waals surface area (Å²) in [4.78, 5) is 40.9. The van der Waals surface area contributed by atoms with Crippen LogP contribution in [0.15, 0.2) is 141 Å². The number of hydrogen-bond donors (Lipinski definition) is 3. The molecule has 0 aliphatic rings. The van der Waals surface area contributed by atoms with Gasteiger partial charge in [0.25, 0.3) is 0 Å². The number of nitrogens with one attached hydrogen (secondary N) is 2. The molecule has 2 amide bonds. The Morgan fingerprint density at radius 2 is 1.30 bits per heavy atom. The quantitative estimate of drug-likeness (QED) is 0.0572. The number of hydrogen-bond acceptors (Lipinski definition) is 7. The molecule has 4 aromatic rings. The minimum absolute atomic E-state index is 0.0407. The van der Waals surface area contributed by atoms with Crippen LogP contribution in [0.25, 0.3) is 0 Å². The maximum absolute atomic E-state index is 13.9. The van der Waals surface area contributed by atoms with Gasteiger partial charge in [0.2, 0.25) is 11.8 Å². The zero-order chi connectivity index (χ0) is 38.5. The van der Waals surface area contributed by atoms with Crippen LogP contribution in [0.1, 0.15) is 47.6 Å². The van der Waals surface area contributed by atoms with Crippen molar-refractivity contribution in [2.75, 3.05) is 20.3 Å². The van der Waals surface area contributed by atoms with Gasteiger partial charge in [-0.05, 0) is 60.1 Å². The first-order chi connectivity index (χ1) is 26.3. The van der Waals surface area contributed by atoms with Crippen LogP contribution in [0.3, 0.4) is 0 Å². The molecule has 4 rings (SSSR count). The third-order valence-corrected chi connectivity index (χ3v) is 9.01. The van der Waals surface area contributed by atoms with Crippen molar-refractivity contribution in [2.45, 2.75) is 56.9 Å². The molecular formula is C45H52N2O7. The van der Waals surface area contributed by atoms with Gasteiger partial charge in [-0.3, -0.25) is 14.4 Å². The van der Waals surface area contributed by atoms with E-state index in [2.05, 4.69) is 23.8 Å². The molecule has 9 heteroatoms. The van der Waals surface area contributed by atoms with E-state index in [1.54, 1.807) is 12.2 Å². The molecule has 284 valence electrons. The number of aliphatic hydroxyl groups is 1. The summed E-state index contributed by atoms with van der Waals surface area (Å²) in [5.74, 6) is -1.78. The molecule has 3 N–H and O–H groups in total. The van der Waals surface area contributed by atoms with Gasteiger partial charge < -0.3 is 30.0 Å². The lowest BCUT2D eigenvalue weighted by Crippen LogP contribution is -2.47. The lowest BCUT2D eigenvalue weighted by molar-refractivity contribution is -0.158. The summed E-state index contributed by atoms with van der Waals surface area (Å²) in [6.07, 6.45) is 3.76. The number of ether oxygens (including phenoxy) is 3. The SMILES string of the molecule is C=CC[C@@H](CC(=O)N[C@H](CO)Cc1ccc(OCc2ccccc2)cc1)C(=O)N[C@@H](COC)[C@@H](OC(=O)[C@H](CC=C)Cc1ccccc1)c1ccccc1. The summed E-state index contributed by atoms with van der Waals surface area (Å²) in [5.41, 5.74) is 3.65. The highest BCUT2D eigenvalue weighted by atomic mass is 16.5. The average molecular weight is 733 g/mol. The van der Waals surface area contributed by atoms with Gasteiger partial charge in [0.15, 0.2) is 0 Å². The number of amides is 2. The van der Waals surface area contributed by atoms with Crippen molar-refractivity contribution in [2.24, 2.45) is 11.8 Å². The molecule has 0 unspecified atom stereocenters. The fourth-order valence-electron chi connectivity index (χ4n) is 6.20. The number of carbonyl (C=O) groups excluding carboxylic acids is 3. The van der Waals surface area contributed by atoms with Crippen molar-refractivity contribution in [1.29, 1.82) is 0 Å². The molecule has 4 aromatic carbocycles. The van der Waals surface area contributed by atoms with Crippen LogP contribution in [-0.4, -0.2) is 55.3 Å². The predicted octanol–water partition coefficient (Wildman–Crippen LogP) is 6.72. The Balaban J connectivity index is 1.40. The fourth-order valence-corrected chi connectivity index (χ4v) is 6.20. The van der Waals surface area contributed by atoms with E-state index in [1.807, 2.05) is 115 Å². The number of benzene rings is 4. The van der Waals surface area contributed by atoms with Gasteiger partial charge in [-0.2, -0.15) is 0 Å². The number of methoxy groups -OCH3 is 1. The van der Waals surface area contributed by atoms with E-state index >= 15 is 0 Å². The topological polar surface area (TPSA) is 123 Å². The van der Waals surface area contributed by atoms with Gasteiger partial charge in [0, 0.05) is 13.5 Å². The van der Waals surface area contributed by atoms with E-state index in [0.29, 0.717) is 37.2 Å². The zero-order valence-electron chi connectivity index (χ0n) is 31.0. The van der Waals surface area contributed by atoms with Crippen LogP contribution in [0.2, 0.25) is 0 Å². The highest BCUT2D eigenvalue weighted by molar-refractivity contribution is 5.86. The Labute approximate surface area is 319 Å². The monoisotopic (exact) mass is 732 g/mol. The van der Waals surface area contributed by atoms with Crippen LogP contribution >= 0.6 is 0 Å². The highest BCUT2D eigenvalue weighted by Crippen LogP contribution is 2.26. The molecule has 0 bridgehead atoms. The maximum atomic E-state index is 13.9. The minimum Gasteiger partial charge on any atom is -0.489 e. The second-order valence-electron chi connectivity index (χ2n) is 13.2. The first kappa shape index (κ1) is 41.2. The predicted molar refractivity (Wildman–Crippen MR) is 210 cm³/mol. The largest absolute Gasteiger partial charge is 0.489 e. The Hall–Kier alpha value is -5.51. The van der Waals surface area contributed by atoms with E-state index in [0.717, 1.165) is 16.7 Å². The Morgan fingerprint density at radius 3 is 1.89 bits per heavy atom. The number of esters is 1. The van der Waals surface area contributed by atoms with E-state index in [9.17, 15) is 19.5 Å². The maximum Gasteiger partial charge on any atom is 0.310 e. The number of aliphatic hydroxyl groups excluding tert-OH is 1.